The Kier molecular flexibility index (Phi) is 3.65. The fraction of sp³-hybridized carbons (Fsp3) is 0.200. The minimum absolute atomic E-state index is 0.151. The van der Waals surface area contributed by atoms with Gasteiger partial charge in [-0.2, -0.15) is 0 Å². The van der Waals surface area contributed by atoms with Crippen LogP contribution in [-0.2, 0) is 9.53 Å². The quantitative estimate of drug-likeness (QED) is 0.844. The SMILES string of the molecule is COC(=O)c1cc(-c2ncnc3c2N(C)CC(=O)N3)ccc1F. The second-order valence-electron chi connectivity index (χ2n) is 5.01. The van der Waals surface area contributed by atoms with Crippen LogP contribution in [0.3, 0.4) is 0 Å². The molecular weight excluding hydrogens is 303 g/mol. The van der Waals surface area contributed by atoms with Crippen molar-refractivity contribution in [3.8, 4) is 11.3 Å². The van der Waals surface area contributed by atoms with E-state index in [1.165, 1.54) is 31.6 Å². The summed E-state index contributed by atoms with van der Waals surface area (Å²) in [6.07, 6.45) is 1.30. The third-order valence-electron chi connectivity index (χ3n) is 3.49. The van der Waals surface area contributed by atoms with Crippen LogP contribution in [0.1, 0.15) is 10.4 Å². The predicted molar refractivity (Wildman–Crippen MR) is 80.7 cm³/mol. The zero-order valence-corrected chi connectivity index (χ0v) is 12.5. The number of carbonyl (C=O) groups is 2. The predicted octanol–water partition coefficient (Wildman–Crippen LogP) is 1.46. The Morgan fingerprint density at radius 2 is 2.17 bits per heavy atom. The second-order valence-corrected chi connectivity index (χ2v) is 5.01. The molecule has 0 fully saturated rings. The van der Waals surface area contributed by atoms with Gasteiger partial charge >= 0.3 is 5.97 Å². The number of ether oxygens (including phenoxy) is 1. The molecule has 8 heteroatoms. The highest BCUT2D eigenvalue weighted by atomic mass is 19.1. The molecule has 0 radical (unpaired) electrons. The van der Waals surface area contributed by atoms with Crippen molar-refractivity contribution in [2.45, 2.75) is 0 Å². The molecular formula is C15H13FN4O3. The van der Waals surface area contributed by atoms with E-state index in [0.717, 1.165) is 0 Å². The molecule has 0 saturated carbocycles. The molecule has 7 nitrogen and oxygen atoms in total. The fourth-order valence-electron chi connectivity index (χ4n) is 2.45. The fourth-order valence-corrected chi connectivity index (χ4v) is 2.45. The molecule has 1 aromatic carbocycles. The van der Waals surface area contributed by atoms with Crippen molar-refractivity contribution in [2.24, 2.45) is 0 Å². The summed E-state index contributed by atoms with van der Waals surface area (Å²) in [6.45, 7) is 0.151. The van der Waals surface area contributed by atoms with Crippen LogP contribution < -0.4 is 10.2 Å². The first-order valence-electron chi connectivity index (χ1n) is 6.75. The van der Waals surface area contributed by atoms with Gasteiger partial charge < -0.3 is 15.0 Å². The number of nitrogens with zero attached hydrogens (tertiary/aromatic N) is 3. The molecule has 0 aliphatic carbocycles. The van der Waals surface area contributed by atoms with Crippen LogP contribution in [0.15, 0.2) is 24.5 Å². The van der Waals surface area contributed by atoms with Gasteiger partial charge in [-0.1, -0.05) is 0 Å². The maximum absolute atomic E-state index is 13.8. The van der Waals surface area contributed by atoms with Gasteiger partial charge in [-0.05, 0) is 18.2 Å². The summed E-state index contributed by atoms with van der Waals surface area (Å²) < 4.78 is 18.4. The Labute approximate surface area is 131 Å². The van der Waals surface area contributed by atoms with Gasteiger partial charge in [0.05, 0.1) is 24.9 Å². The molecule has 0 atom stereocenters. The molecule has 2 aromatic rings. The minimum atomic E-state index is -0.770. The minimum Gasteiger partial charge on any atom is -0.465 e. The number of nitrogens with one attached hydrogen (secondary N) is 1. The molecule has 1 amide bonds. The van der Waals surface area contributed by atoms with Gasteiger partial charge in [-0.15, -0.1) is 0 Å². The summed E-state index contributed by atoms with van der Waals surface area (Å²) in [5, 5.41) is 2.66. The molecule has 0 saturated heterocycles. The van der Waals surface area contributed by atoms with Crippen LogP contribution in [0.25, 0.3) is 11.3 Å². The summed E-state index contributed by atoms with van der Waals surface area (Å²) >= 11 is 0. The molecule has 23 heavy (non-hydrogen) atoms. The Balaban J connectivity index is 2.15. The van der Waals surface area contributed by atoms with Gasteiger partial charge in [0.2, 0.25) is 5.91 Å². The van der Waals surface area contributed by atoms with Gasteiger partial charge in [0.1, 0.15) is 17.8 Å². The highest BCUT2D eigenvalue weighted by molar-refractivity contribution is 6.03. The van der Waals surface area contributed by atoms with Crippen LogP contribution in [0.4, 0.5) is 15.9 Å². The van der Waals surface area contributed by atoms with E-state index in [0.29, 0.717) is 22.8 Å². The van der Waals surface area contributed by atoms with Crippen molar-refractivity contribution in [1.82, 2.24) is 9.97 Å². The van der Waals surface area contributed by atoms with E-state index in [9.17, 15) is 14.0 Å². The molecule has 0 spiro atoms. The number of carbonyl (C=O) groups excluding carboxylic acids is 2. The highest BCUT2D eigenvalue weighted by Crippen LogP contribution is 2.35. The first-order valence-corrected chi connectivity index (χ1v) is 6.75. The Morgan fingerprint density at radius 1 is 1.39 bits per heavy atom. The van der Waals surface area contributed by atoms with Crippen molar-refractivity contribution in [3.63, 3.8) is 0 Å². The Morgan fingerprint density at radius 3 is 2.91 bits per heavy atom. The number of benzene rings is 1. The molecule has 2 heterocycles. The van der Waals surface area contributed by atoms with E-state index in [1.54, 1.807) is 11.9 Å². The van der Waals surface area contributed by atoms with Crippen molar-refractivity contribution < 1.29 is 18.7 Å². The third kappa shape index (κ3) is 2.59. The highest BCUT2D eigenvalue weighted by Gasteiger charge is 2.25. The summed E-state index contributed by atoms with van der Waals surface area (Å²) in [5.74, 6) is -1.25. The number of hydrogen-bond donors (Lipinski definition) is 1. The number of likely N-dealkylation sites (N-methyl/N-ethyl adjacent to an activating group) is 1. The third-order valence-corrected chi connectivity index (χ3v) is 3.49. The number of methoxy groups -OCH3 is 1. The number of halogens is 1. The van der Waals surface area contributed by atoms with E-state index in [4.69, 9.17) is 0 Å². The van der Waals surface area contributed by atoms with Crippen molar-refractivity contribution >= 4 is 23.4 Å². The number of anilines is 2. The van der Waals surface area contributed by atoms with Gasteiger partial charge in [0.25, 0.3) is 0 Å². The average Bonchev–Trinajstić information content (AvgIpc) is 2.53. The first kappa shape index (κ1) is 14.9. The van der Waals surface area contributed by atoms with Crippen LogP contribution >= 0.6 is 0 Å². The molecule has 0 bridgehead atoms. The lowest BCUT2D eigenvalue weighted by atomic mass is 10.0. The monoisotopic (exact) mass is 316 g/mol. The van der Waals surface area contributed by atoms with Crippen LogP contribution in [0.5, 0.6) is 0 Å². The number of rotatable bonds is 2. The molecule has 118 valence electrons. The molecule has 1 aliphatic heterocycles. The van der Waals surface area contributed by atoms with Crippen molar-refractivity contribution in [3.05, 3.63) is 35.9 Å². The van der Waals surface area contributed by atoms with E-state index in [2.05, 4.69) is 20.0 Å². The van der Waals surface area contributed by atoms with Gasteiger partial charge in [-0.3, -0.25) is 4.79 Å². The summed E-state index contributed by atoms with van der Waals surface area (Å²) in [6, 6.07) is 4.06. The number of hydrogen-bond acceptors (Lipinski definition) is 6. The molecule has 1 aliphatic rings. The zero-order valence-electron chi connectivity index (χ0n) is 12.5. The lowest BCUT2D eigenvalue weighted by molar-refractivity contribution is -0.115. The number of aromatic nitrogens is 2. The normalized spacial score (nSPS) is 13.3. The van der Waals surface area contributed by atoms with Crippen LogP contribution in [-0.4, -0.2) is 42.5 Å². The lowest BCUT2D eigenvalue weighted by Gasteiger charge is -2.27. The lowest BCUT2D eigenvalue weighted by Crippen LogP contribution is -2.36. The van der Waals surface area contributed by atoms with Crippen molar-refractivity contribution in [2.75, 3.05) is 30.9 Å². The maximum Gasteiger partial charge on any atom is 0.340 e. The molecule has 1 N–H and O–H groups in total. The second kappa shape index (κ2) is 5.64. The van der Waals surface area contributed by atoms with Gasteiger partial charge in [0, 0.05) is 12.6 Å². The average molecular weight is 316 g/mol. The van der Waals surface area contributed by atoms with Crippen LogP contribution in [0.2, 0.25) is 0 Å². The number of esters is 1. The van der Waals surface area contributed by atoms with Crippen molar-refractivity contribution in [1.29, 1.82) is 0 Å². The molecule has 3 rings (SSSR count). The zero-order chi connectivity index (χ0) is 16.6. The molecule has 0 unspecified atom stereocenters. The first-order chi connectivity index (χ1) is 11.0. The maximum atomic E-state index is 13.8. The van der Waals surface area contributed by atoms with E-state index >= 15 is 0 Å². The summed E-state index contributed by atoms with van der Waals surface area (Å²) in [5.41, 5.74) is 1.44. The largest absolute Gasteiger partial charge is 0.465 e. The number of fused-ring (bicyclic) bond motifs is 1. The van der Waals surface area contributed by atoms with E-state index < -0.39 is 11.8 Å². The Hall–Kier alpha value is -3.03. The standard InChI is InChI=1S/C15H13FN4O3/c1-20-6-11(21)19-14-13(20)12(17-7-18-14)8-3-4-10(16)9(5-8)15(22)23-2/h3-5,7H,6H2,1-2H3,(H,17,18,19,21). The van der Waals surface area contributed by atoms with E-state index in [1.807, 2.05) is 0 Å². The number of amides is 1. The topological polar surface area (TPSA) is 84.4 Å². The molecule has 1 aromatic heterocycles. The van der Waals surface area contributed by atoms with Gasteiger partial charge in [0.15, 0.2) is 5.82 Å². The Bertz CT molecular complexity index is 809. The smallest absolute Gasteiger partial charge is 0.340 e. The van der Waals surface area contributed by atoms with E-state index in [-0.39, 0.29) is 18.0 Å². The summed E-state index contributed by atoms with van der Waals surface area (Å²) in [7, 11) is 2.92. The van der Waals surface area contributed by atoms with Gasteiger partial charge in [-0.25, -0.2) is 19.2 Å². The summed E-state index contributed by atoms with van der Waals surface area (Å²) in [4.78, 5) is 33.2. The van der Waals surface area contributed by atoms with Crippen LogP contribution in [0, 0.1) is 5.82 Å².